The summed E-state index contributed by atoms with van der Waals surface area (Å²) in [7, 11) is 4.42. The smallest absolute Gasteiger partial charge is 0.169 e. The molecule has 49 heavy (non-hydrogen) atoms. The molecule has 2 aliphatic rings. The quantitative estimate of drug-likeness (QED) is 0.0521. The molecule has 1 heterocycles. The second kappa shape index (κ2) is 30.5. The Hall–Kier alpha value is -1.16. The van der Waals surface area contributed by atoms with Crippen LogP contribution in [0.1, 0.15) is 200 Å². The molecule has 1 aliphatic carbocycles. The van der Waals surface area contributed by atoms with Crippen molar-refractivity contribution in [1.29, 1.82) is 0 Å². The van der Waals surface area contributed by atoms with Gasteiger partial charge in [0.05, 0.1) is 12.2 Å². The van der Waals surface area contributed by atoms with Gasteiger partial charge < -0.3 is 14.4 Å². The van der Waals surface area contributed by atoms with Gasteiger partial charge in [0.25, 0.3) is 0 Å². The minimum absolute atomic E-state index is 0.313. The number of fused-ring (bicyclic) bond motifs is 1. The third-order valence-electron chi connectivity index (χ3n) is 10.7. The lowest BCUT2D eigenvalue weighted by molar-refractivity contribution is -0.186. The van der Waals surface area contributed by atoms with Gasteiger partial charge in [-0.2, -0.15) is 0 Å². The van der Waals surface area contributed by atoms with Crippen molar-refractivity contribution in [1.82, 2.24) is 4.90 Å². The fraction of sp³-hybridized carbons (Fsp3) is 0.826. The summed E-state index contributed by atoms with van der Waals surface area (Å²) >= 11 is 0. The molecule has 0 spiro atoms. The third-order valence-corrected chi connectivity index (χ3v) is 10.7. The first-order valence-corrected chi connectivity index (χ1v) is 21.7. The van der Waals surface area contributed by atoms with E-state index in [9.17, 15) is 0 Å². The molecule has 3 heteroatoms. The van der Waals surface area contributed by atoms with Crippen LogP contribution in [0.2, 0.25) is 0 Å². The summed E-state index contributed by atoms with van der Waals surface area (Å²) in [5.74, 6) is 0.437. The summed E-state index contributed by atoms with van der Waals surface area (Å²) in [6, 6.07) is 0. The van der Waals surface area contributed by atoms with Crippen LogP contribution in [0.25, 0.3) is 0 Å². The Morgan fingerprint density at radius 3 is 1.35 bits per heavy atom. The number of nitrogens with zero attached hydrogens (tertiary/aromatic N) is 1. The van der Waals surface area contributed by atoms with Crippen LogP contribution in [0.3, 0.4) is 0 Å². The molecule has 0 aromatic rings. The summed E-state index contributed by atoms with van der Waals surface area (Å²) in [6.45, 7) is 5.72. The molecule has 2 rings (SSSR count). The molecule has 1 saturated heterocycles. The van der Waals surface area contributed by atoms with E-state index < -0.39 is 0 Å². The summed E-state index contributed by atoms with van der Waals surface area (Å²) in [4.78, 5) is 2.35. The minimum atomic E-state index is -0.313. The molecule has 0 N–H and O–H groups in total. The molecule has 3 nitrogen and oxygen atoms in total. The van der Waals surface area contributed by atoms with Crippen molar-refractivity contribution in [2.45, 2.75) is 218 Å². The first-order valence-electron chi connectivity index (χ1n) is 21.7. The fourth-order valence-electron chi connectivity index (χ4n) is 7.83. The third kappa shape index (κ3) is 23.1. The van der Waals surface area contributed by atoms with Crippen LogP contribution in [0.5, 0.6) is 0 Å². The second-order valence-electron chi connectivity index (χ2n) is 15.8. The van der Waals surface area contributed by atoms with Gasteiger partial charge in [-0.3, -0.25) is 0 Å². The number of unbranched alkanes of at least 4 members (excludes halogenated alkanes) is 18. The van der Waals surface area contributed by atoms with Crippen LogP contribution in [-0.2, 0) is 9.47 Å². The average Bonchev–Trinajstić information content (AvgIpc) is 3.45. The maximum Gasteiger partial charge on any atom is 0.169 e. The van der Waals surface area contributed by atoms with Crippen molar-refractivity contribution in [3.63, 3.8) is 0 Å². The highest BCUT2D eigenvalue weighted by atomic mass is 16.8. The highest BCUT2D eigenvalue weighted by Gasteiger charge is 2.48. The van der Waals surface area contributed by atoms with Crippen LogP contribution >= 0.6 is 0 Å². The maximum atomic E-state index is 6.95. The van der Waals surface area contributed by atoms with Crippen LogP contribution in [0, 0.1) is 5.92 Å². The van der Waals surface area contributed by atoms with E-state index in [2.05, 4.69) is 81.5 Å². The Kier molecular flexibility index (Phi) is 27.4. The molecule has 3 atom stereocenters. The molecular weight excluding hydrogens is 599 g/mol. The van der Waals surface area contributed by atoms with Crippen molar-refractivity contribution in [2.75, 3.05) is 20.6 Å². The number of rotatable bonds is 32. The normalized spacial score (nSPS) is 23.0. The van der Waals surface area contributed by atoms with Crippen LogP contribution in [0.15, 0.2) is 48.6 Å². The molecule has 0 bridgehead atoms. The Morgan fingerprint density at radius 1 is 0.490 bits per heavy atom. The van der Waals surface area contributed by atoms with Gasteiger partial charge in [-0.25, -0.2) is 0 Å². The molecule has 0 amide bonds. The number of hydrogen-bond donors (Lipinski definition) is 0. The average molecular weight is 682 g/mol. The number of ether oxygens (including phenoxy) is 2. The van der Waals surface area contributed by atoms with E-state index in [0.29, 0.717) is 12.2 Å². The first kappa shape index (κ1) is 44.0. The lowest BCUT2D eigenvalue weighted by Crippen LogP contribution is -2.35. The zero-order valence-corrected chi connectivity index (χ0v) is 33.3. The predicted octanol–water partition coefficient (Wildman–Crippen LogP) is 14.2. The molecule has 284 valence electrons. The Bertz CT molecular complexity index is 809. The first-order chi connectivity index (χ1) is 24.1. The Labute approximate surface area is 306 Å². The molecule has 1 aliphatic heterocycles. The van der Waals surface area contributed by atoms with Crippen molar-refractivity contribution >= 4 is 0 Å². The maximum absolute atomic E-state index is 6.95. The van der Waals surface area contributed by atoms with Crippen molar-refractivity contribution in [3.05, 3.63) is 48.6 Å². The van der Waals surface area contributed by atoms with Crippen molar-refractivity contribution in [2.24, 2.45) is 5.92 Å². The molecule has 0 radical (unpaired) electrons. The van der Waals surface area contributed by atoms with Gasteiger partial charge in [0.2, 0.25) is 0 Å². The van der Waals surface area contributed by atoms with E-state index in [1.54, 1.807) is 0 Å². The lowest BCUT2D eigenvalue weighted by atomic mass is 9.85. The monoisotopic (exact) mass is 682 g/mol. The Morgan fingerprint density at radius 2 is 0.898 bits per heavy atom. The van der Waals surface area contributed by atoms with Gasteiger partial charge in [0.1, 0.15) is 0 Å². The molecule has 0 aromatic carbocycles. The van der Waals surface area contributed by atoms with Gasteiger partial charge >= 0.3 is 0 Å². The molecule has 1 saturated carbocycles. The van der Waals surface area contributed by atoms with Gasteiger partial charge in [-0.1, -0.05) is 140 Å². The minimum Gasteiger partial charge on any atom is -0.344 e. The standard InChI is InChI=1S/C46H83NO2/c1-5-7-9-11-13-15-17-19-21-23-25-27-29-31-33-35-39-46(48-44-38-37-43(42-47(3)4)41-45(44)49-46)40-36-34-32-30-28-26-24-22-20-18-16-14-12-10-8-6-2/h13-16,19-22,43-45H,5-12,17-18,23-42H2,1-4H3. The van der Waals surface area contributed by atoms with E-state index in [1.165, 1.54) is 167 Å². The number of hydrogen-bond acceptors (Lipinski definition) is 3. The van der Waals surface area contributed by atoms with Gasteiger partial charge in [-0.05, 0) is 116 Å². The summed E-state index contributed by atoms with van der Waals surface area (Å²) in [5.41, 5.74) is 0. The fourth-order valence-corrected chi connectivity index (χ4v) is 7.83. The predicted molar refractivity (Wildman–Crippen MR) is 216 cm³/mol. The van der Waals surface area contributed by atoms with Crippen molar-refractivity contribution < 1.29 is 9.47 Å². The van der Waals surface area contributed by atoms with Gasteiger partial charge in [0, 0.05) is 19.4 Å². The van der Waals surface area contributed by atoms with E-state index in [0.717, 1.165) is 31.6 Å². The number of allylic oxidation sites excluding steroid dienone is 8. The SMILES string of the molecule is CCCCCC=CCC=CCCCCCCCCC1(CCCCCCCCC=CCC=CCCCCC)OC2CCC(CN(C)C)CC2O1. The summed E-state index contributed by atoms with van der Waals surface area (Å²) in [5, 5.41) is 0. The van der Waals surface area contributed by atoms with Crippen molar-refractivity contribution in [3.8, 4) is 0 Å². The van der Waals surface area contributed by atoms with E-state index in [-0.39, 0.29) is 5.79 Å². The molecule has 2 fully saturated rings. The molecule has 0 aromatic heterocycles. The van der Waals surface area contributed by atoms with E-state index in [4.69, 9.17) is 9.47 Å². The van der Waals surface area contributed by atoms with Gasteiger partial charge in [-0.15, -0.1) is 0 Å². The van der Waals surface area contributed by atoms with Crippen LogP contribution in [-0.4, -0.2) is 43.5 Å². The zero-order chi connectivity index (χ0) is 35.1. The van der Waals surface area contributed by atoms with Crippen LogP contribution in [0.4, 0.5) is 0 Å². The van der Waals surface area contributed by atoms with E-state index in [1.807, 2.05) is 0 Å². The largest absolute Gasteiger partial charge is 0.344 e. The topological polar surface area (TPSA) is 21.7 Å². The molecular formula is C46H83NO2. The lowest BCUT2D eigenvalue weighted by Gasteiger charge is -2.31. The molecule has 3 unspecified atom stereocenters. The highest BCUT2D eigenvalue weighted by Crippen LogP contribution is 2.44. The van der Waals surface area contributed by atoms with E-state index >= 15 is 0 Å². The summed E-state index contributed by atoms with van der Waals surface area (Å²) in [6.07, 6.45) is 56.5. The zero-order valence-electron chi connectivity index (χ0n) is 33.3. The second-order valence-corrected chi connectivity index (χ2v) is 15.8. The highest BCUT2D eigenvalue weighted by molar-refractivity contribution is 4.94. The van der Waals surface area contributed by atoms with Crippen LogP contribution < -0.4 is 0 Å². The summed E-state index contributed by atoms with van der Waals surface area (Å²) < 4.78 is 13.8. The Balaban J connectivity index is 1.61. The van der Waals surface area contributed by atoms with Gasteiger partial charge in [0.15, 0.2) is 5.79 Å².